The summed E-state index contributed by atoms with van der Waals surface area (Å²) >= 11 is 5.90. The van der Waals surface area contributed by atoms with Gasteiger partial charge in [-0.2, -0.15) is 0 Å². The number of aryl methyl sites for hydroxylation is 1. The Balaban J connectivity index is 1.72. The molecular weight excluding hydrogens is 326 g/mol. The molecule has 1 heterocycles. The van der Waals surface area contributed by atoms with Gasteiger partial charge in [-0.15, -0.1) is 0 Å². The van der Waals surface area contributed by atoms with Gasteiger partial charge < -0.3 is 15.5 Å². The molecule has 0 radical (unpaired) electrons. The predicted octanol–water partition coefficient (Wildman–Crippen LogP) is 4.28. The van der Waals surface area contributed by atoms with E-state index in [1.165, 1.54) is 0 Å². The Labute approximate surface area is 145 Å². The summed E-state index contributed by atoms with van der Waals surface area (Å²) in [5.41, 5.74) is 3.31. The van der Waals surface area contributed by atoms with Gasteiger partial charge in [-0.25, -0.2) is 4.79 Å². The van der Waals surface area contributed by atoms with Gasteiger partial charge in [0.1, 0.15) is 0 Å². The fraction of sp³-hybridized carbons (Fsp3) is 0.222. The number of benzene rings is 2. The molecule has 6 heteroatoms. The van der Waals surface area contributed by atoms with E-state index in [9.17, 15) is 9.59 Å². The number of carbonyl (C=O) groups is 2. The number of nitrogens with zero attached hydrogens (tertiary/aromatic N) is 1. The standard InChI is InChI=1S/C18H18ClN3O2/c1-2-22-16-8-7-15(10-12(16)6-9-17(22)23)21-18(24)20-14-5-3-4-13(19)11-14/h3-5,7-8,10-11H,2,6,9H2,1H3,(H2,20,21,24). The molecule has 0 aliphatic carbocycles. The van der Waals surface area contributed by atoms with Crippen molar-refractivity contribution in [2.45, 2.75) is 19.8 Å². The summed E-state index contributed by atoms with van der Waals surface area (Å²) in [7, 11) is 0. The SMILES string of the molecule is CCN1C(=O)CCc2cc(NC(=O)Nc3cccc(Cl)c3)ccc21. The van der Waals surface area contributed by atoms with Crippen LogP contribution in [0.4, 0.5) is 21.9 Å². The van der Waals surface area contributed by atoms with Crippen molar-refractivity contribution in [3.05, 3.63) is 53.1 Å². The molecule has 1 aliphatic heterocycles. The molecule has 1 aliphatic rings. The molecule has 0 aromatic heterocycles. The number of anilines is 3. The highest BCUT2D eigenvalue weighted by atomic mass is 35.5. The van der Waals surface area contributed by atoms with Crippen LogP contribution < -0.4 is 15.5 Å². The fourth-order valence-electron chi connectivity index (χ4n) is 2.84. The number of carbonyl (C=O) groups excluding carboxylic acids is 2. The summed E-state index contributed by atoms with van der Waals surface area (Å²) in [5.74, 6) is 0.143. The van der Waals surface area contributed by atoms with Crippen LogP contribution in [0.2, 0.25) is 5.02 Å². The first-order valence-electron chi connectivity index (χ1n) is 7.83. The van der Waals surface area contributed by atoms with Crippen molar-refractivity contribution in [1.29, 1.82) is 0 Å². The number of hydrogen-bond acceptors (Lipinski definition) is 2. The first-order chi connectivity index (χ1) is 11.6. The maximum absolute atomic E-state index is 12.1. The lowest BCUT2D eigenvalue weighted by molar-refractivity contribution is -0.118. The van der Waals surface area contributed by atoms with Gasteiger partial charge >= 0.3 is 6.03 Å². The molecule has 0 spiro atoms. The molecule has 0 atom stereocenters. The van der Waals surface area contributed by atoms with Crippen LogP contribution in [0.15, 0.2) is 42.5 Å². The molecule has 124 valence electrons. The third-order valence-electron chi connectivity index (χ3n) is 3.94. The van der Waals surface area contributed by atoms with Crippen molar-refractivity contribution in [2.24, 2.45) is 0 Å². The molecule has 5 nitrogen and oxygen atoms in total. The fourth-order valence-corrected chi connectivity index (χ4v) is 3.03. The van der Waals surface area contributed by atoms with Crippen LogP contribution in [0.5, 0.6) is 0 Å². The first-order valence-corrected chi connectivity index (χ1v) is 8.21. The second kappa shape index (κ2) is 6.93. The average molecular weight is 344 g/mol. The number of rotatable bonds is 3. The first kappa shape index (κ1) is 16.3. The van der Waals surface area contributed by atoms with Crippen LogP contribution in [0.3, 0.4) is 0 Å². The molecule has 0 unspecified atom stereocenters. The van der Waals surface area contributed by atoms with Crippen LogP contribution in [0, 0.1) is 0 Å². The molecule has 2 aromatic carbocycles. The third-order valence-corrected chi connectivity index (χ3v) is 4.17. The second-order valence-electron chi connectivity index (χ2n) is 5.57. The van der Waals surface area contributed by atoms with E-state index >= 15 is 0 Å². The summed E-state index contributed by atoms with van der Waals surface area (Å²) in [6.07, 6.45) is 1.19. The normalized spacial score (nSPS) is 13.4. The molecule has 0 bridgehead atoms. The van der Waals surface area contributed by atoms with Crippen LogP contribution in [0.1, 0.15) is 18.9 Å². The number of halogens is 1. The van der Waals surface area contributed by atoms with Crippen LogP contribution >= 0.6 is 11.6 Å². The van der Waals surface area contributed by atoms with Gasteiger partial charge in [-0.1, -0.05) is 17.7 Å². The molecule has 3 amide bonds. The maximum Gasteiger partial charge on any atom is 0.323 e. The highest BCUT2D eigenvalue weighted by molar-refractivity contribution is 6.30. The molecule has 0 fully saturated rings. The summed E-state index contributed by atoms with van der Waals surface area (Å²) < 4.78 is 0. The quantitative estimate of drug-likeness (QED) is 0.873. The largest absolute Gasteiger partial charge is 0.323 e. The van der Waals surface area contributed by atoms with E-state index in [2.05, 4.69) is 10.6 Å². The topological polar surface area (TPSA) is 61.4 Å². The highest BCUT2D eigenvalue weighted by Gasteiger charge is 2.22. The van der Waals surface area contributed by atoms with Crippen molar-refractivity contribution in [1.82, 2.24) is 0 Å². The van der Waals surface area contributed by atoms with E-state index in [4.69, 9.17) is 11.6 Å². The van der Waals surface area contributed by atoms with E-state index in [0.717, 1.165) is 11.3 Å². The minimum absolute atomic E-state index is 0.143. The van der Waals surface area contributed by atoms with Crippen molar-refractivity contribution in [3.8, 4) is 0 Å². The second-order valence-corrected chi connectivity index (χ2v) is 6.01. The Kier molecular flexibility index (Phi) is 4.71. The average Bonchev–Trinajstić information content (AvgIpc) is 2.55. The van der Waals surface area contributed by atoms with Gasteiger partial charge in [0.15, 0.2) is 0 Å². The lowest BCUT2D eigenvalue weighted by atomic mass is 10.0. The molecule has 0 saturated heterocycles. The summed E-state index contributed by atoms with van der Waals surface area (Å²) in [6, 6.07) is 12.2. The van der Waals surface area contributed by atoms with Crippen LogP contribution in [0.25, 0.3) is 0 Å². The molecule has 24 heavy (non-hydrogen) atoms. The molecule has 3 rings (SSSR count). The Hall–Kier alpha value is -2.53. The lowest BCUT2D eigenvalue weighted by Crippen LogP contribution is -2.34. The van der Waals surface area contributed by atoms with Gasteiger partial charge in [0.25, 0.3) is 0 Å². The highest BCUT2D eigenvalue weighted by Crippen LogP contribution is 2.30. The van der Waals surface area contributed by atoms with Gasteiger partial charge in [0.2, 0.25) is 5.91 Å². The number of urea groups is 1. The van der Waals surface area contributed by atoms with Gasteiger partial charge in [0, 0.05) is 35.1 Å². The summed E-state index contributed by atoms with van der Waals surface area (Å²) in [6.45, 7) is 2.60. The zero-order valence-corrected chi connectivity index (χ0v) is 14.1. The maximum atomic E-state index is 12.1. The number of nitrogens with one attached hydrogen (secondary N) is 2. The minimum Gasteiger partial charge on any atom is -0.312 e. The Morgan fingerprint density at radius 3 is 2.58 bits per heavy atom. The van der Waals surface area contributed by atoms with E-state index in [1.807, 2.05) is 19.1 Å². The van der Waals surface area contributed by atoms with E-state index in [-0.39, 0.29) is 11.9 Å². The van der Waals surface area contributed by atoms with E-state index in [0.29, 0.717) is 35.8 Å². The molecule has 2 aromatic rings. The molecular formula is C18H18ClN3O2. The smallest absolute Gasteiger partial charge is 0.312 e. The Morgan fingerprint density at radius 1 is 1.12 bits per heavy atom. The zero-order chi connectivity index (χ0) is 17.1. The monoisotopic (exact) mass is 343 g/mol. The van der Waals surface area contributed by atoms with Crippen molar-refractivity contribution in [2.75, 3.05) is 22.1 Å². The lowest BCUT2D eigenvalue weighted by Gasteiger charge is -2.28. The Morgan fingerprint density at radius 2 is 1.88 bits per heavy atom. The van der Waals surface area contributed by atoms with Gasteiger partial charge in [-0.05, 0) is 55.3 Å². The Bertz CT molecular complexity index is 792. The van der Waals surface area contributed by atoms with E-state index in [1.54, 1.807) is 35.2 Å². The number of amides is 3. The molecule has 2 N–H and O–H groups in total. The number of fused-ring (bicyclic) bond motifs is 1. The van der Waals surface area contributed by atoms with Crippen LogP contribution in [-0.2, 0) is 11.2 Å². The van der Waals surface area contributed by atoms with E-state index < -0.39 is 0 Å². The van der Waals surface area contributed by atoms with Gasteiger partial charge in [0.05, 0.1) is 0 Å². The summed E-state index contributed by atoms with van der Waals surface area (Å²) in [5, 5.41) is 6.11. The minimum atomic E-state index is -0.337. The van der Waals surface area contributed by atoms with Crippen molar-refractivity contribution in [3.63, 3.8) is 0 Å². The summed E-state index contributed by atoms with van der Waals surface area (Å²) in [4.78, 5) is 25.8. The van der Waals surface area contributed by atoms with Crippen molar-refractivity contribution >= 4 is 40.6 Å². The third kappa shape index (κ3) is 3.51. The van der Waals surface area contributed by atoms with Crippen LogP contribution in [-0.4, -0.2) is 18.5 Å². The van der Waals surface area contributed by atoms with Gasteiger partial charge in [-0.3, -0.25) is 4.79 Å². The molecule has 0 saturated carbocycles. The zero-order valence-electron chi connectivity index (χ0n) is 13.3. The number of hydrogen-bond donors (Lipinski definition) is 2. The van der Waals surface area contributed by atoms with Crippen molar-refractivity contribution < 1.29 is 9.59 Å². The predicted molar refractivity (Wildman–Crippen MR) is 96.9 cm³/mol.